The average molecular weight is 672 g/mol. The molecule has 0 aliphatic rings. The summed E-state index contributed by atoms with van der Waals surface area (Å²) in [7, 11) is 0. The van der Waals surface area contributed by atoms with E-state index in [2.05, 4.69) is 15.9 Å². The Morgan fingerprint density at radius 2 is 0.795 bits per heavy atom. The van der Waals surface area contributed by atoms with Gasteiger partial charge in [-0.05, 0) is 92.9 Å². The predicted molar refractivity (Wildman–Crippen MR) is 164 cm³/mol. The van der Waals surface area contributed by atoms with Gasteiger partial charge in [0.2, 0.25) is 0 Å². The van der Waals surface area contributed by atoms with Gasteiger partial charge in [0, 0.05) is 11.4 Å². The Balaban J connectivity index is 1.83. The summed E-state index contributed by atoms with van der Waals surface area (Å²) in [6.45, 7) is 7.62. The van der Waals surface area contributed by atoms with E-state index >= 15 is 0 Å². The lowest BCUT2D eigenvalue weighted by Gasteiger charge is -2.14. The lowest BCUT2D eigenvalue weighted by Crippen LogP contribution is -2.11. The van der Waals surface area contributed by atoms with E-state index < -0.39 is 23.9 Å². The van der Waals surface area contributed by atoms with Crippen LogP contribution in [0.3, 0.4) is 0 Å². The summed E-state index contributed by atoms with van der Waals surface area (Å²) in [4.78, 5) is 49.7. The zero-order valence-electron chi connectivity index (χ0n) is 25.1. The van der Waals surface area contributed by atoms with Gasteiger partial charge < -0.3 is 28.4 Å². The highest BCUT2D eigenvalue weighted by molar-refractivity contribution is 9.08. The Bertz CT molecular complexity index is 1310. The van der Waals surface area contributed by atoms with Crippen LogP contribution in [0.5, 0.6) is 11.5 Å². The summed E-state index contributed by atoms with van der Waals surface area (Å²) in [5.41, 5.74) is 2.82. The maximum atomic E-state index is 12.4. The van der Waals surface area contributed by atoms with E-state index in [0.29, 0.717) is 28.0 Å². The second kappa shape index (κ2) is 17.0. The van der Waals surface area contributed by atoms with Crippen LogP contribution in [0.2, 0.25) is 0 Å². The highest BCUT2D eigenvalue weighted by atomic mass is 79.9. The fourth-order valence-corrected chi connectivity index (χ4v) is 4.41. The maximum absolute atomic E-state index is 12.4. The quantitative estimate of drug-likeness (QED) is 0.101. The number of hydrogen-bond donors (Lipinski definition) is 0. The molecule has 10 nitrogen and oxygen atoms in total. The second-order valence-corrected chi connectivity index (χ2v) is 9.80. The van der Waals surface area contributed by atoms with Crippen molar-refractivity contribution in [3.63, 3.8) is 0 Å². The Morgan fingerprint density at radius 1 is 0.477 bits per heavy atom. The van der Waals surface area contributed by atoms with Crippen LogP contribution in [-0.2, 0) is 37.5 Å². The van der Waals surface area contributed by atoms with Gasteiger partial charge in [0.15, 0.2) is 0 Å². The molecular weight excluding hydrogens is 636 g/mol. The van der Waals surface area contributed by atoms with Gasteiger partial charge in [-0.3, -0.25) is 0 Å². The molecule has 0 aromatic heterocycles. The van der Waals surface area contributed by atoms with Gasteiger partial charge in [-0.2, -0.15) is 0 Å². The summed E-state index contributed by atoms with van der Waals surface area (Å²) in [5.74, 6) is -1.29. The number of esters is 4. The average Bonchev–Trinajstić information content (AvgIpc) is 3.02. The molecule has 3 aromatic carbocycles. The van der Waals surface area contributed by atoms with E-state index in [0.717, 1.165) is 5.56 Å². The monoisotopic (exact) mass is 670 g/mol. The van der Waals surface area contributed by atoms with E-state index in [1.54, 1.807) is 58.0 Å². The minimum absolute atomic E-state index is 0.0370. The van der Waals surface area contributed by atoms with Crippen molar-refractivity contribution in [3.05, 3.63) is 93.5 Å². The molecule has 234 valence electrons. The highest BCUT2D eigenvalue weighted by Gasteiger charge is 2.17. The van der Waals surface area contributed by atoms with Crippen molar-refractivity contribution in [2.24, 2.45) is 0 Å². The van der Waals surface area contributed by atoms with Gasteiger partial charge in [0.25, 0.3) is 0 Å². The van der Waals surface area contributed by atoms with E-state index in [-0.39, 0.29) is 61.9 Å². The molecule has 0 N–H and O–H groups in total. The summed E-state index contributed by atoms with van der Waals surface area (Å²) >= 11 is 3.46. The first-order valence-electron chi connectivity index (χ1n) is 14.1. The normalized spacial score (nSPS) is 10.5. The fraction of sp³-hybridized carbons (Fsp3) is 0.333. The Kier molecular flexibility index (Phi) is 13.2. The molecule has 0 heterocycles. The van der Waals surface area contributed by atoms with Gasteiger partial charge >= 0.3 is 23.9 Å². The van der Waals surface area contributed by atoms with Crippen LogP contribution in [0.15, 0.2) is 54.6 Å². The van der Waals surface area contributed by atoms with Gasteiger partial charge in [0.1, 0.15) is 24.7 Å². The Hall–Kier alpha value is -4.38. The molecule has 0 amide bonds. The molecule has 0 aliphatic carbocycles. The van der Waals surface area contributed by atoms with Crippen molar-refractivity contribution in [1.82, 2.24) is 0 Å². The van der Waals surface area contributed by atoms with Crippen LogP contribution in [0, 0.1) is 0 Å². The Morgan fingerprint density at radius 3 is 1.07 bits per heavy atom. The number of carbonyl (C=O) groups is 4. The third kappa shape index (κ3) is 9.84. The molecule has 11 heteroatoms. The first-order chi connectivity index (χ1) is 21.2. The van der Waals surface area contributed by atoms with Gasteiger partial charge in [-0.15, -0.1) is 0 Å². The minimum atomic E-state index is -0.560. The van der Waals surface area contributed by atoms with Crippen molar-refractivity contribution in [2.45, 2.75) is 46.2 Å². The van der Waals surface area contributed by atoms with Crippen LogP contribution in [0.25, 0.3) is 0 Å². The smallest absolute Gasteiger partial charge is 0.338 e. The molecule has 0 spiro atoms. The number of rotatable bonds is 15. The predicted octanol–water partition coefficient (Wildman–Crippen LogP) is 6.45. The van der Waals surface area contributed by atoms with Crippen LogP contribution < -0.4 is 9.47 Å². The molecule has 3 rings (SSSR count). The lowest BCUT2D eigenvalue weighted by molar-refractivity contribution is 0.0505. The third-order valence-electron chi connectivity index (χ3n) is 5.94. The number of halogens is 1. The fourth-order valence-electron chi connectivity index (χ4n) is 4.09. The van der Waals surface area contributed by atoms with E-state index in [4.69, 9.17) is 28.4 Å². The molecule has 0 bridgehead atoms. The zero-order valence-corrected chi connectivity index (χ0v) is 26.7. The molecule has 0 aliphatic heterocycles. The molecule has 44 heavy (non-hydrogen) atoms. The first-order valence-corrected chi connectivity index (χ1v) is 15.2. The molecule has 0 radical (unpaired) electrons. The molecule has 3 aromatic rings. The summed E-state index contributed by atoms with van der Waals surface area (Å²) < 4.78 is 32.5. The number of ether oxygens (including phenoxy) is 6. The van der Waals surface area contributed by atoms with Crippen LogP contribution in [0.4, 0.5) is 0 Å². The largest absolute Gasteiger partial charge is 0.489 e. The van der Waals surface area contributed by atoms with E-state index in [1.165, 1.54) is 12.1 Å². The number of alkyl halides is 1. The van der Waals surface area contributed by atoms with Crippen LogP contribution in [-0.4, -0.2) is 50.3 Å². The minimum Gasteiger partial charge on any atom is -0.489 e. The highest BCUT2D eigenvalue weighted by Crippen LogP contribution is 2.27. The standard InChI is InChI=1S/C33H35BrO10/c1-5-39-30(35)24-9-22(10-25(15-24)31(36)40-6-2)19-43-28-13-21(18-34)14-29(17-28)44-20-23-11-26(32(37)41-7-3)16-27(12-23)33(38)42-8-4/h9-17H,5-8,18-20H2,1-4H3. The number of benzene rings is 3. The van der Waals surface area contributed by atoms with E-state index in [1.807, 2.05) is 12.1 Å². The van der Waals surface area contributed by atoms with E-state index in [9.17, 15) is 19.2 Å². The summed E-state index contributed by atoms with van der Waals surface area (Å²) in [6, 6.07) is 14.6. The zero-order chi connectivity index (χ0) is 32.1. The van der Waals surface area contributed by atoms with Crippen molar-refractivity contribution in [1.29, 1.82) is 0 Å². The summed E-state index contributed by atoms with van der Waals surface area (Å²) in [5, 5.41) is 0.511. The SMILES string of the molecule is CCOC(=O)c1cc(COc2cc(CBr)cc(OCc3cc(C(=O)OCC)cc(C(=O)OCC)c3)c2)cc(C(=O)OCC)c1. The Labute approximate surface area is 264 Å². The van der Waals surface area contributed by atoms with Gasteiger partial charge in [-0.25, -0.2) is 19.2 Å². The molecule has 0 unspecified atom stereocenters. The molecule has 0 saturated heterocycles. The van der Waals surface area contributed by atoms with Crippen molar-refractivity contribution in [2.75, 3.05) is 26.4 Å². The first kappa shape index (κ1) is 34.1. The second-order valence-electron chi connectivity index (χ2n) is 9.24. The van der Waals surface area contributed by atoms with Crippen molar-refractivity contribution < 1.29 is 47.6 Å². The van der Waals surface area contributed by atoms with Crippen LogP contribution in [0.1, 0.15) is 85.8 Å². The number of carbonyl (C=O) groups excluding carboxylic acids is 4. The molecular formula is C33H35BrO10. The molecule has 0 fully saturated rings. The molecule has 0 atom stereocenters. The van der Waals surface area contributed by atoms with Crippen molar-refractivity contribution >= 4 is 39.8 Å². The number of hydrogen-bond acceptors (Lipinski definition) is 10. The maximum Gasteiger partial charge on any atom is 0.338 e. The molecule has 0 saturated carbocycles. The topological polar surface area (TPSA) is 124 Å². The lowest BCUT2D eigenvalue weighted by atomic mass is 10.1. The van der Waals surface area contributed by atoms with Crippen molar-refractivity contribution in [3.8, 4) is 11.5 Å². The van der Waals surface area contributed by atoms with Gasteiger partial charge in [-0.1, -0.05) is 15.9 Å². The van der Waals surface area contributed by atoms with Crippen LogP contribution >= 0.6 is 15.9 Å². The third-order valence-corrected chi connectivity index (χ3v) is 6.58. The summed E-state index contributed by atoms with van der Waals surface area (Å²) in [6.07, 6.45) is 0. The van der Waals surface area contributed by atoms with Gasteiger partial charge in [0.05, 0.1) is 48.7 Å².